The highest BCUT2D eigenvalue weighted by Gasteiger charge is 2.17. The van der Waals surface area contributed by atoms with E-state index in [-0.39, 0.29) is 32.9 Å². The quantitative estimate of drug-likeness (QED) is 0.192. The largest absolute Gasteiger partial charge is 0.506 e. The number of hydrogen-bond donors (Lipinski definition) is 4. The lowest BCUT2D eigenvalue weighted by Gasteiger charge is -2.29. The van der Waals surface area contributed by atoms with Crippen molar-refractivity contribution in [2.24, 2.45) is 0 Å². The van der Waals surface area contributed by atoms with Gasteiger partial charge in [-0.2, -0.15) is 0 Å². The van der Waals surface area contributed by atoms with Gasteiger partial charge in [-0.3, -0.25) is 15.0 Å². The molecule has 8 nitrogen and oxygen atoms in total. The highest BCUT2D eigenvalue weighted by molar-refractivity contribution is 6.38. The zero-order chi connectivity index (χ0) is 26.1. The number of nitrogens with zero attached hydrogens (tertiary/aromatic N) is 2. The van der Waals surface area contributed by atoms with Crippen molar-refractivity contribution >= 4 is 52.9 Å². The van der Waals surface area contributed by atoms with Crippen LogP contribution in [0.2, 0.25) is 10.0 Å². The summed E-state index contributed by atoms with van der Waals surface area (Å²) in [5.41, 5.74) is 2.54. The van der Waals surface area contributed by atoms with E-state index in [0.717, 1.165) is 18.7 Å². The molecule has 0 bridgehead atoms. The number of piperidine rings is 1. The number of pyridine rings is 1. The molecule has 2 amide bonds. The number of aromatic hydroxyl groups is 1. The first-order chi connectivity index (χ1) is 17.3. The maximum atomic E-state index is 12.2. The third-order valence-electron chi connectivity index (χ3n) is 5.49. The van der Waals surface area contributed by atoms with E-state index in [1.807, 2.05) is 12.1 Å². The van der Waals surface area contributed by atoms with E-state index >= 15 is 0 Å². The van der Waals surface area contributed by atoms with Crippen LogP contribution in [0.1, 0.15) is 40.7 Å². The van der Waals surface area contributed by atoms with Gasteiger partial charge >= 0.3 is 0 Å². The summed E-state index contributed by atoms with van der Waals surface area (Å²) >= 11 is 11.8. The van der Waals surface area contributed by atoms with Crippen molar-refractivity contribution < 1.29 is 14.7 Å². The Morgan fingerprint density at radius 2 is 1.78 bits per heavy atom. The number of amidine groups is 1. The van der Waals surface area contributed by atoms with Crippen LogP contribution in [0.15, 0.2) is 54.7 Å². The second-order valence-corrected chi connectivity index (χ2v) is 9.03. The SMILES string of the molecule is Cc1ccc(C(=N)N2CCCCC2)cc1.O=CNc1c(Cl)cc(Cl)cc1C(=O)Nc1ccc(O)cn1. The smallest absolute Gasteiger partial charge is 0.259 e. The zero-order valence-corrected chi connectivity index (χ0v) is 21.2. The van der Waals surface area contributed by atoms with Crippen molar-refractivity contribution in [1.29, 1.82) is 5.41 Å². The van der Waals surface area contributed by atoms with Gasteiger partial charge in [-0.05, 0) is 50.5 Å². The summed E-state index contributed by atoms with van der Waals surface area (Å²) < 4.78 is 0. The molecule has 1 saturated heterocycles. The lowest BCUT2D eigenvalue weighted by Crippen LogP contribution is -2.35. The van der Waals surface area contributed by atoms with Crippen LogP contribution < -0.4 is 10.6 Å². The number of aromatic nitrogens is 1. The summed E-state index contributed by atoms with van der Waals surface area (Å²) in [4.78, 5) is 28.8. The molecule has 188 valence electrons. The average molecular weight is 528 g/mol. The number of carbonyl (C=O) groups is 2. The molecule has 2 heterocycles. The Hall–Kier alpha value is -3.62. The van der Waals surface area contributed by atoms with Crippen LogP contribution in [0.25, 0.3) is 0 Å². The van der Waals surface area contributed by atoms with Gasteiger partial charge in [0.15, 0.2) is 0 Å². The molecule has 1 aromatic heterocycles. The van der Waals surface area contributed by atoms with Crippen molar-refractivity contribution in [1.82, 2.24) is 9.88 Å². The number of halogens is 2. The molecule has 36 heavy (non-hydrogen) atoms. The molecule has 0 spiro atoms. The number of likely N-dealkylation sites (tertiary alicyclic amines) is 1. The summed E-state index contributed by atoms with van der Waals surface area (Å²) in [6, 6.07) is 13.8. The van der Waals surface area contributed by atoms with E-state index in [0.29, 0.717) is 12.2 Å². The van der Waals surface area contributed by atoms with Crippen LogP contribution >= 0.6 is 23.2 Å². The molecule has 2 aromatic carbocycles. The predicted molar refractivity (Wildman–Crippen MR) is 143 cm³/mol. The number of aryl methyl sites for hydroxylation is 1. The van der Waals surface area contributed by atoms with Crippen molar-refractivity contribution in [3.8, 4) is 5.75 Å². The molecule has 1 fully saturated rings. The summed E-state index contributed by atoms with van der Waals surface area (Å²) in [5.74, 6) is 0.338. The van der Waals surface area contributed by atoms with Crippen LogP contribution in [-0.4, -0.2) is 46.2 Å². The Balaban J connectivity index is 0.000000212. The first kappa shape index (κ1) is 27.0. The summed E-state index contributed by atoms with van der Waals surface area (Å²) in [6.45, 7) is 4.17. The summed E-state index contributed by atoms with van der Waals surface area (Å²) in [6.07, 6.45) is 5.37. The molecule has 0 atom stereocenters. The topological polar surface area (TPSA) is 118 Å². The monoisotopic (exact) mass is 527 g/mol. The second kappa shape index (κ2) is 12.9. The van der Waals surface area contributed by atoms with E-state index in [9.17, 15) is 9.59 Å². The van der Waals surface area contributed by atoms with Gasteiger partial charge in [-0.15, -0.1) is 0 Å². The maximum absolute atomic E-state index is 12.2. The van der Waals surface area contributed by atoms with Crippen LogP contribution in [0.3, 0.4) is 0 Å². The van der Waals surface area contributed by atoms with E-state index in [2.05, 4.69) is 39.6 Å². The Morgan fingerprint density at radius 1 is 1.08 bits per heavy atom. The van der Waals surface area contributed by atoms with Gasteiger partial charge in [0.05, 0.1) is 22.5 Å². The standard InChI is InChI=1S/C13H9Cl2N3O3.C13H18N2/c14-7-3-9(12(17-6-19)10(15)4-7)13(21)18-11-2-1-8(20)5-16-11;1-11-5-7-12(8-6-11)13(14)15-9-3-2-4-10-15/h1-6,20H,(H,17,19)(H,16,18,21);5-8,14H,2-4,9-10H2,1H3. The first-order valence-electron chi connectivity index (χ1n) is 11.3. The van der Waals surface area contributed by atoms with E-state index in [1.165, 1.54) is 55.3 Å². The Bertz CT molecular complexity index is 1210. The van der Waals surface area contributed by atoms with Crippen molar-refractivity contribution in [3.63, 3.8) is 0 Å². The van der Waals surface area contributed by atoms with Gasteiger partial charge in [-0.1, -0.05) is 53.0 Å². The number of carbonyl (C=O) groups excluding carboxylic acids is 2. The molecule has 0 saturated carbocycles. The second-order valence-electron chi connectivity index (χ2n) is 8.19. The summed E-state index contributed by atoms with van der Waals surface area (Å²) in [5, 5.41) is 22.5. The molecule has 1 aliphatic rings. The molecule has 0 radical (unpaired) electrons. The van der Waals surface area contributed by atoms with Gasteiger partial charge in [0, 0.05) is 23.7 Å². The van der Waals surface area contributed by atoms with Crippen LogP contribution in [-0.2, 0) is 4.79 Å². The number of rotatable bonds is 5. The van der Waals surface area contributed by atoms with Crippen LogP contribution in [0.4, 0.5) is 11.5 Å². The number of nitrogens with one attached hydrogen (secondary N) is 3. The first-order valence-corrected chi connectivity index (χ1v) is 12.1. The third kappa shape index (κ3) is 7.44. The van der Waals surface area contributed by atoms with E-state index in [1.54, 1.807) is 0 Å². The van der Waals surface area contributed by atoms with Gasteiger partial charge in [0.25, 0.3) is 5.91 Å². The molecule has 1 aliphatic heterocycles. The van der Waals surface area contributed by atoms with E-state index in [4.69, 9.17) is 33.7 Å². The fraction of sp³-hybridized carbons (Fsp3) is 0.231. The van der Waals surface area contributed by atoms with E-state index < -0.39 is 5.91 Å². The van der Waals surface area contributed by atoms with Crippen LogP contribution in [0, 0.1) is 12.3 Å². The van der Waals surface area contributed by atoms with Crippen molar-refractivity contribution in [3.05, 3.63) is 81.5 Å². The Morgan fingerprint density at radius 3 is 2.39 bits per heavy atom. The number of amides is 2. The minimum atomic E-state index is -0.554. The molecular formula is C26H27Cl2N5O3. The fourth-order valence-electron chi connectivity index (χ4n) is 3.61. The Labute approximate surface area is 219 Å². The van der Waals surface area contributed by atoms with Gasteiger partial charge in [0.2, 0.25) is 6.41 Å². The molecule has 0 unspecified atom stereocenters. The van der Waals surface area contributed by atoms with Crippen molar-refractivity contribution in [2.45, 2.75) is 26.2 Å². The van der Waals surface area contributed by atoms with Crippen molar-refractivity contribution in [2.75, 3.05) is 23.7 Å². The van der Waals surface area contributed by atoms with Gasteiger partial charge in [-0.25, -0.2) is 4.98 Å². The number of anilines is 2. The minimum absolute atomic E-state index is 0.0258. The third-order valence-corrected chi connectivity index (χ3v) is 6.01. The normalized spacial score (nSPS) is 12.7. The highest BCUT2D eigenvalue weighted by atomic mass is 35.5. The highest BCUT2D eigenvalue weighted by Crippen LogP contribution is 2.30. The number of benzene rings is 2. The van der Waals surface area contributed by atoms with Gasteiger partial charge < -0.3 is 20.6 Å². The maximum Gasteiger partial charge on any atom is 0.259 e. The number of hydrogen-bond acceptors (Lipinski definition) is 5. The predicted octanol–water partition coefficient (Wildman–Crippen LogP) is 5.72. The molecule has 4 rings (SSSR count). The lowest BCUT2D eigenvalue weighted by atomic mass is 10.1. The molecular weight excluding hydrogens is 501 g/mol. The molecule has 3 aromatic rings. The molecule has 4 N–H and O–H groups in total. The van der Waals surface area contributed by atoms with Gasteiger partial charge in [0.1, 0.15) is 17.4 Å². The summed E-state index contributed by atoms with van der Waals surface area (Å²) in [7, 11) is 0. The fourth-order valence-corrected chi connectivity index (χ4v) is 4.16. The van der Waals surface area contributed by atoms with Crippen LogP contribution in [0.5, 0.6) is 5.75 Å². The minimum Gasteiger partial charge on any atom is -0.506 e. The lowest BCUT2D eigenvalue weighted by molar-refractivity contribution is -0.105. The molecule has 0 aliphatic carbocycles. The Kier molecular flexibility index (Phi) is 9.67. The zero-order valence-electron chi connectivity index (χ0n) is 19.7. The average Bonchev–Trinajstić information content (AvgIpc) is 2.88. The molecule has 10 heteroatoms.